The first-order chi connectivity index (χ1) is 14.3. The van der Waals surface area contributed by atoms with Gasteiger partial charge in [-0.05, 0) is 61.3 Å². The molecule has 2 aromatic rings. The Balaban J connectivity index is 1.97. The van der Waals surface area contributed by atoms with Gasteiger partial charge in [0.2, 0.25) is 0 Å². The van der Waals surface area contributed by atoms with Crippen LogP contribution in [0.5, 0.6) is 0 Å². The van der Waals surface area contributed by atoms with Crippen LogP contribution in [-0.2, 0) is 9.13 Å². The van der Waals surface area contributed by atoms with Gasteiger partial charge in [0, 0.05) is 12.3 Å². The van der Waals surface area contributed by atoms with Crippen molar-refractivity contribution in [2.45, 2.75) is 30.3 Å². The van der Waals surface area contributed by atoms with Gasteiger partial charge in [-0.2, -0.15) is 0 Å². The summed E-state index contributed by atoms with van der Waals surface area (Å²) in [6, 6.07) is 11.9. The molecule has 0 atom stereocenters. The molecule has 0 radical (unpaired) electrons. The van der Waals surface area contributed by atoms with E-state index in [9.17, 15) is 23.0 Å². The average molecular weight is 479 g/mol. The number of halogens is 2. The van der Waals surface area contributed by atoms with E-state index in [4.69, 9.17) is 19.6 Å². The van der Waals surface area contributed by atoms with Crippen molar-refractivity contribution in [3.8, 4) is 0 Å². The third-order valence-corrected chi connectivity index (χ3v) is 8.84. The maximum atomic E-state index is 13.3. The highest BCUT2D eigenvalue weighted by atomic mass is 31.2. The fourth-order valence-corrected chi connectivity index (χ4v) is 5.35. The minimum absolute atomic E-state index is 0.162. The molecule has 31 heavy (non-hydrogen) atoms. The largest absolute Gasteiger partial charge is 0.369 e. The number of rotatable bonds is 11. The number of hydrogen-bond donors (Lipinski definition) is 6. The fourth-order valence-electron chi connectivity index (χ4n) is 3.19. The molecule has 0 heterocycles. The Labute approximate surface area is 178 Å². The van der Waals surface area contributed by atoms with Gasteiger partial charge in [0.15, 0.2) is 0 Å². The molecule has 0 fully saturated rings. The number of nitrogens with one attached hydrogen (secondary N) is 1. The van der Waals surface area contributed by atoms with Crippen molar-refractivity contribution in [3.63, 3.8) is 0 Å². The summed E-state index contributed by atoms with van der Waals surface area (Å²) in [6.07, 6.45) is 0.246. The molecule has 2 aromatic carbocycles. The van der Waals surface area contributed by atoms with Crippen LogP contribution >= 0.6 is 15.2 Å². The molecule has 0 saturated heterocycles. The summed E-state index contributed by atoms with van der Waals surface area (Å²) in [7, 11) is -11.0. The van der Waals surface area contributed by atoms with E-state index < -0.39 is 26.7 Å². The van der Waals surface area contributed by atoms with Gasteiger partial charge in [-0.25, -0.2) is 8.78 Å². The van der Waals surface area contributed by atoms with Crippen molar-refractivity contribution in [3.05, 3.63) is 71.3 Å². The fraction of sp³-hybridized carbons (Fsp3) is 0.368. The van der Waals surface area contributed by atoms with Crippen LogP contribution in [0, 0.1) is 11.6 Å². The van der Waals surface area contributed by atoms with E-state index >= 15 is 0 Å². The Morgan fingerprint density at radius 1 is 0.806 bits per heavy atom. The third-order valence-electron chi connectivity index (χ3n) is 4.96. The Hall–Kier alpha value is -1.48. The summed E-state index contributed by atoms with van der Waals surface area (Å²) >= 11 is 0. The van der Waals surface area contributed by atoms with E-state index in [-0.39, 0.29) is 24.1 Å². The average Bonchev–Trinajstić information content (AvgIpc) is 2.67. The normalized spacial score (nSPS) is 13.0. The summed E-state index contributed by atoms with van der Waals surface area (Å²) in [4.78, 5) is 36.5. The predicted molar refractivity (Wildman–Crippen MR) is 110 cm³/mol. The highest BCUT2D eigenvalue weighted by Gasteiger charge is 2.58. The summed E-state index contributed by atoms with van der Waals surface area (Å²) < 4.78 is 49.2. The molecule has 12 heteroatoms. The minimum atomic E-state index is -5.48. The van der Waals surface area contributed by atoms with E-state index in [1.165, 1.54) is 24.3 Å². The van der Waals surface area contributed by atoms with Crippen LogP contribution in [0.25, 0.3) is 0 Å². The molecule has 2 rings (SSSR count). The van der Waals surface area contributed by atoms with Crippen molar-refractivity contribution in [2.75, 3.05) is 13.1 Å². The Morgan fingerprint density at radius 3 is 1.61 bits per heavy atom. The Morgan fingerprint density at radius 2 is 1.23 bits per heavy atom. The van der Waals surface area contributed by atoms with Crippen LogP contribution in [0.2, 0.25) is 0 Å². The summed E-state index contributed by atoms with van der Waals surface area (Å²) in [5, 5.41) is 9.19. The lowest BCUT2D eigenvalue weighted by molar-refractivity contribution is 0.123. The van der Waals surface area contributed by atoms with Gasteiger partial charge < -0.3 is 30.0 Å². The molecular formula is C19H25F2NO7P2. The van der Waals surface area contributed by atoms with Crippen LogP contribution in [0.3, 0.4) is 0 Å². The van der Waals surface area contributed by atoms with Crippen molar-refractivity contribution in [1.29, 1.82) is 0 Å². The van der Waals surface area contributed by atoms with Crippen molar-refractivity contribution < 1.29 is 42.6 Å². The SMILES string of the molecule is O=P(O)(O)C(O)(CCNCCCC(c1ccc(F)cc1)c1ccc(F)cc1)P(=O)(O)O. The zero-order valence-corrected chi connectivity index (χ0v) is 18.2. The molecule has 0 aromatic heterocycles. The van der Waals surface area contributed by atoms with E-state index in [0.717, 1.165) is 11.1 Å². The summed E-state index contributed by atoms with van der Waals surface area (Å²) in [5.74, 6) is -0.929. The van der Waals surface area contributed by atoms with Crippen LogP contribution in [0.1, 0.15) is 36.3 Å². The molecule has 6 N–H and O–H groups in total. The van der Waals surface area contributed by atoms with E-state index in [1.54, 1.807) is 24.3 Å². The van der Waals surface area contributed by atoms with E-state index in [2.05, 4.69) is 5.32 Å². The van der Waals surface area contributed by atoms with Gasteiger partial charge in [0.25, 0.3) is 5.08 Å². The monoisotopic (exact) mass is 479 g/mol. The van der Waals surface area contributed by atoms with Crippen molar-refractivity contribution in [1.82, 2.24) is 5.32 Å². The predicted octanol–water partition coefficient (Wildman–Crippen LogP) is 2.86. The Kier molecular flexibility index (Phi) is 8.67. The first kappa shape index (κ1) is 25.8. The molecule has 0 unspecified atom stereocenters. The number of hydrogen-bond acceptors (Lipinski definition) is 4. The van der Waals surface area contributed by atoms with Crippen molar-refractivity contribution in [2.24, 2.45) is 0 Å². The minimum Gasteiger partial charge on any atom is -0.367 e. The van der Waals surface area contributed by atoms with Crippen LogP contribution in [0.4, 0.5) is 8.78 Å². The molecule has 0 aliphatic heterocycles. The van der Waals surface area contributed by atoms with Crippen molar-refractivity contribution >= 4 is 15.2 Å². The first-order valence-electron chi connectivity index (χ1n) is 9.40. The summed E-state index contributed by atoms with van der Waals surface area (Å²) in [6.45, 7) is 0.0712. The quantitative estimate of drug-likeness (QED) is 0.213. The molecule has 0 spiro atoms. The Bertz CT molecular complexity index is 877. The standard InChI is InChI=1S/C19H25F2NO7P2/c20-16-7-3-14(4-8-16)18(15-5-9-17(21)10-6-15)2-1-12-22-13-11-19(23,30(24,25)26)31(27,28)29/h3-10,18,22-23H,1-2,11-13H2,(H2,24,25,26)(H2,27,28,29). The van der Waals surface area contributed by atoms with Gasteiger partial charge in [-0.3, -0.25) is 9.13 Å². The highest BCUT2D eigenvalue weighted by molar-refractivity contribution is 7.72. The van der Waals surface area contributed by atoms with Gasteiger partial charge in [-0.1, -0.05) is 24.3 Å². The lowest BCUT2D eigenvalue weighted by Gasteiger charge is -2.29. The molecule has 172 valence electrons. The second-order valence-corrected chi connectivity index (χ2v) is 11.2. The number of aliphatic hydroxyl groups is 1. The molecule has 0 bridgehead atoms. The molecule has 0 amide bonds. The molecule has 8 nitrogen and oxygen atoms in total. The smallest absolute Gasteiger partial charge is 0.367 e. The van der Waals surface area contributed by atoms with Crippen LogP contribution in [-0.4, -0.2) is 42.9 Å². The zero-order chi connectivity index (χ0) is 23.3. The zero-order valence-electron chi connectivity index (χ0n) is 16.4. The first-order valence-corrected chi connectivity index (χ1v) is 12.6. The second kappa shape index (κ2) is 10.4. The number of benzene rings is 2. The lowest BCUT2D eigenvalue weighted by Crippen LogP contribution is -2.33. The molecular weight excluding hydrogens is 454 g/mol. The third kappa shape index (κ3) is 6.75. The molecule has 0 saturated carbocycles. The highest BCUT2D eigenvalue weighted by Crippen LogP contribution is 2.68. The topological polar surface area (TPSA) is 147 Å². The summed E-state index contributed by atoms with van der Waals surface area (Å²) in [5.41, 5.74) is 1.65. The van der Waals surface area contributed by atoms with Gasteiger partial charge >= 0.3 is 15.2 Å². The lowest BCUT2D eigenvalue weighted by atomic mass is 9.87. The van der Waals surface area contributed by atoms with Crippen LogP contribution < -0.4 is 5.32 Å². The van der Waals surface area contributed by atoms with Gasteiger partial charge in [0.05, 0.1) is 0 Å². The van der Waals surface area contributed by atoms with Gasteiger partial charge in [-0.15, -0.1) is 0 Å². The van der Waals surface area contributed by atoms with Gasteiger partial charge in [0.1, 0.15) is 11.6 Å². The van der Waals surface area contributed by atoms with E-state index in [1.807, 2.05) is 0 Å². The van der Waals surface area contributed by atoms with E-state index in [0.29, 0.717) is 19.4 Å². The second-order valence-electron chi connectivity index (χ2n) is 7.16. The maximum absolute atomic E-state index is 13.3. The maximum Gasteiger partial charge on any atom is 0.369 e. The van der Waals surface area contributed by atoms with Crippen LogP contribution in [0.15, 0.2) is 48.5 Å². The molecule has 0 aliphatic carbocycles. The molecule has 0 aliphatic rings.